The van der Waals surface area contributed by atoms with E-state index in [4.69, 9.17) is 11.6 Å². The van der Waals surface area contributed by atoms with Gasteiger partial charge in [-0.3, -0.25) is 14.9 Å². The SMILES string of the molecule is Cc1cc([N+](=O)[O-])c(Cl)cc1NC(=O)c1ccc(Br)nc1. The Hall–Kier alpha value is -1.99. The summed E-state index contributed by atoms with van der Waals surface area (Å²) in [5, 5.41) is 13.4. The van der Waals surface area contributed by atoms with Crippen LogP contribution in [0.15, 0.2) is 35.1 Å². The van der Waals surface area contributed by atoms with Gasteiger partial charge in [0.15, 0.2) is 0 Å². The Kier molecular flexibility index (Phi) is 4.54. The predicted octanol–water partition coefficient (Wildman–Crippen LogP) is 3.97. The van der Waals surface area contributed by atoms with Crippen molar-refractivity contribution in [1.82, 2.24) is 4.98 Å². The van der Waals surface area contributed by atoms with E-state index in [0.717, 1.165) is 0 Å². The second-order valence-corrected chi connectivity index (χ2v) is 5.42. The van der Waals surface area contributed by atoms with Gasteiger partial charge in [0.1, 0.15) is 9.63 Å². The Morgan fingerprint density at radius 1 is 1.43 bits per heavy atom. The molecule has 1 aromatic heterocycles. The molecule has 1 N–H and O–H groups in total. The highest BCUT2D eigenvalue weighted by Gasteiger charge is 2.16. The average Bonchev–Trinajstić information content (AvgIpc) is 2.42. The van der Waals surface area contributed by atoms with Crippen LogP contribution in [0.3, 0.4) is 0 Å². The molecule has 0 saturated heterocycles. The molecule has 0 spiro atoms. The first-order valence-electron chi connectivity index (χ1n) is 5.76. The summed E-state index contributed by atoms with van der Waals surface area (Å²) in [6.07, 6.45) is 1.42. The van der Waals surface area contributed by atoms with Crippen LogP contribution in [0, 0.1) is 17.0 Å². The molecular formula is C13H9BrClN3O3. The van der Waals surface area contributed by atoms with Gasteiger partial charge in [-0.05, 0) is 46.6 Å². The van der Waals surface area contributed by atoms with E-state index in [1.54, 1.807) is 19.1 Å². The smallest absolute Gasteiger partial charge is 0.288 e. The molecule has 0 aliphatic carbocycles. The van der Waals surface area contributed by atoms with Crippen LogP contribution in [0.4, 0.5) is 11.4 Å². The number of aromatic nitrogens is 1. The Morgan fingerprint density at radius 3 is 2.71 bits per heavy atom. The number of anilines is 1. The molecule has 1 heterocycles. The summed E-state index contributed by atoms with van der Waals surface area (Å²) in [5.41, 5.74) is 1.13. The summed E-state index contributed by atoms with van der Waals surface area (Å²) in [4.78, 5) is 26.2. The van der Waals surface area contributed by atoms with Crippen LogP contribution in [0.1, 0.15) is 15.9 Å². The molecule has 21 heavy (non-hydrogen) atoms. The van der Waals surface area contributed by atoms with Crippen LogP contribution >= 0.6 is 27.5 Å². The average molecular weight is 371 g/mol. The summed E-state index contributed by atoms with van der Waals surface area (Å²) in [6.45, 7) is 1.65. The zero-order valence-corrected chi connectivity index (χ0v) is 13.1. The molecule has 1 aromatic carbocycles. The molecule has 0 radical (unpaired) electrons. The van der Waals surface area contributed by atoms with Crippen molar-refractivity contribution >= 4 is 44.8 Å². The van der Waals surface area contributed by atoms with Crippen molar-refractivity contribution in [2.45, 2.75) is 6.92 Å². The molecule has 0 saturated carbocycles. The number of halogens is 2. The molecule has 108 valence electrons. The molecule has 0 aliphatic rings. The Morgan fingerprint density at radius 2 is 2.14 bits per heavy atom. The Bertz CT molecular complexity index is 719. The standard InChI is InChI=1S/C13H9BrClN3O3/c1-7-4-11(18(20)21)9(15)5-10(7)17-13(19)8-2-3-12(14)16-6-8/h2-6H,1H3,(H,17,19). The minimum absolute atomic E-state index is 0.0326. The maximum atomic E-state index is 12.1. The van der Waals surface area contributed by atoms with Gasteiger partial charge < -0.3 is 5.32 Å². The molecule has 1 amide bonds. The van der Waals surface area contributed by atoms with Gasteiger partial charge in [-0.25, -0.2) is 4.98 Å². The summed E-state index contributed by atoms with van der Waals surface area (Å²) in [5.74, 6) is -0.372. The van der Waals surface area contributed by atoms with Gasteiger partial charge in [-0.1, -0.05) is 11.6 Å². The fourth-order valence-corrected chi connectivity index (χ4v) is 2.11. The highest BCUT2D eigenvalue weighted by atomic mass is 79.9. The van der Waals surface area contributed by atoms with Crippen molar-refractivity contribution in [2.24, 2.45) is 0 Å². The first-order valence-corrected chi connectivity index (χ1v) is 6.93. The third-order valence-electron chi connectivity index (χ3n) is 2.73. The molecule has 8 heteroatoms. The lowest BCUT2D eigenvalue weighted by molar-refractivity contribution is -0.384. The molecule has 6 nitrogen and oxygen atoms in total. The van der Waals surface area contributed by atoms with Gasteiger partial charge in [0, 0.05) is 18.0 Å². The first kappa shape index (κ1) is 15.4. The zero-order chi connectivity index (χ0) is 15.6. The van der Waals surface area contributed by atoms with Gasteiger partial charge in [-0.15, -0.1) is 0 Å². The van der Waals surface area contributed by atoms with Crippen LogP contribution in [0.25, 0.3) is 0 Å². The molecule has 0 unspecified atom stereocenters. The van der Waals surface area contributed by atoms with Crippen molar-refractivity contribution in [3.05, 3.63) is 61.3 Å². The largest absolute Gasteiger partial charge is 0.322 e. The minimum Gasteiger partial charge on any atom is -0.322 e. The highest BCUT2D eigenvalue weighted by molar-refractivity contribution is 9.10. The van der Waals surface area contributed by atoms with E-state index < -0.39 is 4.92 Å². The fraction of sp³-hybridized carbons (Fsp3) is 0.0769. The molecule has 0 fully saturated rings. The van der Waals surface area contributed by atoms with Crippen molar-refractivity contribution in [3.8, 4) is 0 Å². The molecular weight excluding hydrogens is 362 g/mol. The van der Waals surface area contributed by atoms with Crippen molar-refractivity contribution in [3.63, 3.8) is 0 Å². The number of carbonyl (C=O) groups is 1. The molecule has 0 atom stereocenters. The number of nitro benzene ring substituents is 1. The van der Waals surface area contributed by atoms with Crippen LogP contribution in [-0.2, 0) is 0 Å². The van der Waals surface area contributed by atoms with Gasteiger partial charge in [0.25, 0.3) is 11.6 Å². The number of hydrogen-bond acceptors (Lipinski definition) is 4. The van der Waals surface area contributed by atoms with Crippen LogP contribution in [-0.4, -0.2) is 15.8 Å². The second-order valence-electron chi connectivity index (χ2n) is 4.20. The lowest BCUT2D eigenvalue weighted by atomic mass is 10.1. The van der Waals surface area contributed by atoms with E-state index in [2.05, 4.69) is 26.2 Å². The molecule has 2 rings (SSSR count). The van der Waals surface area contributed by atoms with E-state index in [1.807, 2.05) is 0 Å². The van der Waals surface area contributed by atoms with Gasteiger partial charge in [0.05, 0.1) is 10.5 Å². The number of hydrogen-bond donors (Lipinski definition) is 1. The number of nitro groups is 1. The Labute approximate surface area is 133 Å². The molecule has 0 aliphatic heterocycles. The number of nitrogens with one attached hydrogen (secondary N) is 1. The van der Waals surface area contributed by atoms with Gasteiger partial charge in [0.2, 0.25) is 0 Å². The lowest BCUT2D eigenvalue weighted by Gasteiger charge is -2.09. The van der Waals surface area contributed by atoms with Gasteiger partial charge >= 0.3 is 0 Å². The maximum Gasteiger partial charge on any atom is 0.288 e. The highest BCUT2D eigenvalue weighted by Crippen LogP contribution is 2.30. The fourth-order valence-electron chi connectivity index (χ4n) is 1.65. The topological polar surface area (TPSA) is 85.1 Å². The van der Waals surface area contributed by atoms with E-state index in [1.165, 1.54) is 18.3 Å². The van der Waals surface area contributed by atoms with Crippen LogP contribution < -0.4 is 5.32 Å². The number of pyridine rings is 1. The quantitative estimate of drug-likeness (QED) is 0.503. The molecule has 2 aromatic rings. The van der Waals surface area contributed by atoms with Crippen molar-refractivity contribution in [2.75, 3.05) is 5.32 Å². The summed E-state index contributed by atoms with van der Waals surface area (Å²) < 4.78 is 0.619. The third-order valence-corrected chi connectivity index (χ3v) is 3.50. The van der Waals surface area contributed by atoms with E-state index in [9.17, 15) is 14.9 Å². The van der Waals surface area contributed by atoms with Gasteiger partial charge in [-0.2, -0.15) is 0 Å². The number of amides is 1. The van der Waals surface area contributed by atoms with E-state index >= 15 is 0 Å². The number of benzene rings is 1. The van der Waals surface area contributed by atoms with Crippen LogP contribution in [0.5, 0.6) is 0 Å². The van der Waals surface area contributed by atoms with E-state index in [0.29, 0.717) is 21.4 Å². The van der Waals surface area contributed by atoms with Crippen molar-refractivity contribution < 1.29 is 9.72 Å². The lowest BCUT2D eigenvalue weighted by Crippen LogP contribution is -2.13. The van der Waals surface area contributed by atoms with Crippen molar-refractivity contribution in [1.29, 1.82) is 0 Å². The molecule has 0 bridgehead atoms. The number of aryl methyl sites for hydroxylation is 1. The first-order chi connectivity index (χ1) is 9.88. The predicted molar refractivity (Wildman–Crippen MR) is 82.7 cm³/mol. The summed E-state index contributed by atoms with van der Waals surface area (Å²) >= 11 is 9.02. The maximum absolute atomic E-state index is 12.1. The number of rotatable bonds is 3. The van der Waals surface area contributed by atoms with E-state index in [-0.39, 0.29) is 16.6 Å². The second kappa shape index (κ2) is 6.19. The number of nitrogens with zero attached hydrogens (tertiary/aromatic N) is 2. The van der Waals surface area contributed by atoms with Crippen LogP contribution in [0.2, 0.25) is 5.02 Å². The third kappa shape index (κ3) is 3.56. The normalized spacial score (nSPS) is 10.2. The summed E-state index contributed by atoms with van der Waals surface area (Å²) in [6, 6.07) is 5.93. The Balaban J connectivity index is 2.27. The zero-order valence-electron chi connectivity index (χ0n) is 10.8. The summed E-state index contributed by atoms with van der Waals surface area (Å²) in [7, 11) is 0. The number of carbonyl (C=O) groups excluding carboxylic acids is 1. The minimum atomic E-state index is -0.570. The monoisotopic (exact) mass is 369 g/mol.